The number of nitrogens with zero attached hydrogens (tertiary/aromatic N) is 1. The average Bonchev–Trinajstić information content (AvgIpc) is 2.10. The predicted octanol–water partition coefficient (Wildman–Crippen LogP) is 1.48. The van der Waals surface area contributed by atoms with Crippen molar-refractivity contribution in [2.45, 2.75) is 34.1 Å². The number of nitrogens with two attached hydrogens (primary N) is 1. The lowest BCUT2D eigenvalue weighted by molar-refractivity contribution is -0.135. The summed E-state index contributed by atoms with van der Waals surface area (Å²) in [5.41, 5.74) is 5.45. The Hall–Kier alpha value is -0.570. The zero-order valence-corrected chi connectivity index (χ0v) is 9.92. The lowest BCUT2D eigenvalue weighted by Gasteiger charge is -2.26. The molecule has 0 radical (unpaired) electrons. The molecule has 3 nitrogen and oxygen atoms in total. The molecule has 1 amide bonds. The van der Waals surface area contributed by atoms with E-state index in [9.17, 15) is 4.79 Å². The van der Waals surface area contributed by atoms with E-state index in [2.05, 4.69) is 13.8 Å². The molecule has 0 bridgehead atoms. The Balaban J connectivity index is 4.15. The van der Waals surface area contributed by atoms with Crippen molar-refractivity contribution in [3.05, 3.63) is 0 Å². The van der Waals surface area contributed by atoms with Gasteiger partial charge in [-0.15, -0.1) is 0 Å². The second-order valence-corrected chi connectivity index (χ2v) is 4.48. The first kappa shape index (κ1) is 13.4. The quantitative estimate of drug-likeness (QED) is 0.706. The first-order valence-electron chi connectivity index (χ1n) is 5.47. The molecule has 2 N–H and O–H groups in total. The van der Waals surface area contributed by atoms with Gasteiger partial charge in [0.15, 0.2) is 0 Å². The van der Waals surface area contributed by atoms with Crippen LogP contribution in [0.15, 0.2) is 0 Å². The lowest BCUT2D eigenvalue weighted by atomic mass is 10.1. The van der Waals surface area contributed by atoms with Gasteiger partial charge in [-0.3, -0.25) is 4.79 Å². The van der Waals surface area contributed by atoms with E-state index >= 15 is 0 Å². The largest absolute Gasteiger partial charge is 0.342 e. The van der Waals surface area contributed by atoms with E-state index in [4.69, 9.17) is 5.73 Å². The fourth-order valence-electron chi connectivity index (χ4n) is 1.38. The number of hydrogen-bond donors (Lipinski definition) is 1. The molecule has 0 atom stereocenters. The molecule has 0 aromatic rings. The SMILES string of the molecule is CC(C)CN(CCCN)C(=O)C(C)C. The maximum atomic E-state index is 11.8. The summed E-state index contributed by atoms with van der Waals surface area (Å²) < 4.78 is 0. The van der Waals surface area contributed by atoms with Crippen molar-refractivity contribution in [1.29, 1.82) is 0 Å². The highest BCUT2D eigenvalue weighted by molar-refractivity contribution is 5.78. The molecule has 14 heavy (non-hydrogen) atoms. The zero-order chi connectivity index (χ0) is 11.1. The minimum Gasteiger partial charge on any atom is -0.342 e. The van der Waals surface area contributed by atoms with Gasteiger partial charge in [-0.25, -0.2) is 0 Å². The second-order valence-electron chi connectivity index (χ2n) is 4.48. The maximum Gasteiger partial charge on any atom is 0.225 e. The van der Waals surface area contributed by atoms with Gasteiger partial charge in [0, 0.05) is 19.0 Å². The third-order valence-corrected chi connectivity index (χ3v) is 2.02. The molecular formula is C11H24N2O. The molecule has 0 saturated carbocycles. The monoisotopic (exact) mass is 200 g/mol. The smallest absolute Gasteiger partial charge is 0.225 e. The molecule has 0 rings (SSSR count). The second kappa shape index (κ2) is 6.82. The maximum absolute atomic E-state index is 11.8. The van der Waals surface area contributed by atoms with Crippen LogP contribution in [0.3, 0.4) is 0 Å². The summed E-state index contributed by atoms with van der Waals surface area (Å²) in [6, 6.07) is 0. The third-order valence-electron chi connectivity index (χ3n) is 2.02. The fraction of sp³-hybridized carbons (Fsp3) is 0.909. The molecular weight excluding hydrogens is 176 g/mol. The van der Waals surface area contributed by atoms with Gasteiger partial charge in [0.25, 0.3) is 0 Å². The van der Waals surface area contributed by atoms with E-state index in [0.717, 1.165) is 19.5 Å². The van der Waals surface area contributed by atoms with Crippen LogP contribution in [-0.2, 0) is 4.79 Å². The van der Waals surface area contributed by atoms with E-state index in [1.165, 1.54) is 0 Å². The molecule has 0 spiro atoms. The Bertz CT molecular complexity index is 167. The highest BCUT2D eigenvalue weighted by atomic mass is 16.2. The topological polar surface area (TPSA) is 46.3 Å². The van der Waals surface area contributed by atoms with Crippen molar-refractivity contribution >= 4 is 5.91 Å². The Kier molecular flexibility index (Phi) is 6.54. The highest BCUT2D eigenvalue weighted by Crippen LogP contribution is 2.06. The van der Waals surface area contributed by atoms with Gasteiger partial charge >= 0.3 is 0 Å². The molecule has 0 saturated heterocycles. The first-order valence-corrected chi connectivity index (χ1v) is 5.47. The van der Waals surface area contributed by atoms with Gasteiger partial charge in [0.1, 0.15) is 0 Å². The van der Waals surface area contributed by atoms with Gasteiger partial charge in [-0.1, -0.05) is 27.7 Å². The Morgan fingerprint density at radius 1 is 1.29 bits per heavy atom. The van der Waals surface area contributed by atoms with E-state index in [0.29, 0.717) is 12.5 Å². The number of carbonyl (C=O) groups is 1. The van der Waals surface area contributed by atoms with Crippen molar-refractivity contribution < 1.29 is 4.79 Å². The molecule has 0 aliphatic rings. The molecule has 0 aliphatic carbocycles. The average molecular weight is 200 g/mol. The minimum atomic E-state index is 0.0894. The van der Waals surface area contributed by atoms with Crippen molar-refractivity contribution in [3.63, 3.8) is 0 Å². The summed E-state index contributed by atoms with van der Waals surface area (Å²) in [5, 5.41) is 0. The summed E-state index contributed by atoms with van der Waals surface area (Å²) >= 11 is 0. The number of hydrogen-bond acceptors (Lipinski definition) is 2. The van der Waals surface area contributed by atoms with Crippen LogP contribution in [0.5, 0.6) is 0 Å². The molecule has 0 fully saturated rings. The summed E-state index contributed by atoms with van der Waals surface area (Å²) in [5.74, 6) is 0.856. The summed E-state index contributed by atoms with van der Waals surface area (Å²) in [6.45, 7) is 10.4. The normalized spacial score (nSPS) is 11.1. The van der Waals surface area contributed by atoms with Crippen molar-refractivity contribution in [2.24, 2.45) is 17.6 Å². The lowest BCUT2D eigenvalue weighted by Crippen LogP contribution is -2.38. The summed E-state index contributed by atoms with van der Waals surface area (Å²) in [4.78, 5) is 13.7. The minimum absolute atomic E-state index is 0.0894. The molecule has 3 heteroatoms. The first-order chi connectivity index (χ1) is 6.49. The zero-order valence-electron chi connectivity index (χ0n) is 9.92. The van der Waals surface area contributed by atoms with Gasteiger partial charge in [0.2, 0.25) is 5.91 Å². The van der Waals surface area contributed by atoms with Crippen molar-refractivity contribution in [3.8, 4) is 0 Å². The number of rotatable bonds is 6. The molecule has 0 heterocycles. The van der Waals surface area contributed by atoms with E-state index in [1.54, 1.807) is 0 Å². The van der Waals surface area contributed by atoms with Gasteiger partial charge in [-0.2, -0.15) is 0 Å². The van der Waals surface area contributed by atoms with Gasteiger partial charge < -0.3 is 10.6 Å². The van der Waals surface area contributed by atoms with E-state index in [1.807, 2.05) is 18.7 Å². The molecule has 0 aliphatic heterocycles. The van der Waals surface area contributed by atoms with Crippen LogP contribution in [0.2, 0.25) is 0 Å². The fourth-order valence-corrected chi connectivity index (χ4v) is 1.38. The van der Waals surface area contributed by atoms with Crippen LogP contribution in [0.25, 0.3) is 0 Å². The van der Waals surface area contributed by atoms with E-state index < -0.39 is 0 Å². The van der Waals surface area contributed by atoms with Crippen LogP contribution in [0, 0.1) is 11.8 Å². The number of amides is 1. The number of carbonyl (C=O) groups excluding carboxylic acids is 1. The third kappa shape index (κ3) is 5.22. The summed E-state index contributed by atoms with van der Waals surface area (Å²) in [7, 11) is 0. The van der Waals surface area contributed by atoms with Gasteiger partial charge in [0.05, 0.1) is 0 Å². The highest BCUT2D eigenvalue weighted by Gasteiger charge is 2.16. The Labute approximate surface area is 87.6 Å². The van der Waals surface area contributed by atoms with Crippen molar-refractivity contribution in [2.75, 3.05) is 19.6 Å². The van der Waals surface area contributed by atoms with Crippen LogP contribution >= 0.6 is 0 Å². The molecule has 0 aromatic heterocycles. The summed E-state index contributed by atoms with van der Waals surface area (Å²) in [6.07, 6.45) is 0.894. The predicted molar refractivity (Wildman–Crippen MR) is 59.9 cm³/mol. The molecule has 0 unspecified atom stereocenters. The van der Waals surface area contributed by atoms with E-state index in [-0.39, 0.29) is 11.8 Å². The van der Waals surface area contributed by atoms with Crippen molar-refractivity contribution in [1.82, 2.24) is 4.90 Å². The van der Waals surface area contributed by atoms with Crippen LogP contribution < -0.4 is 5.73 Å². The molecule has 84 valence electrons. The Morgan fingerprint density at radius 3 is 2.21 bits per heavy atom. The Morgan fingerprint density at radius 2 is 1.86 bits per heavy atom. The van der Waals surface area contributed by atoms with Crippen LogP contribution in [-0.4, -0.2) is 30.4 Å². The van der Waals surface area contributed by atoms with Crippen LogP contribution in [0.4, 0.5) is 0 Å². The van der Waals surface area contributed by atoms with Gasteiger partial charge in [-0.05, 0) is 18.9 Å². The standard InChI is InChI=1S/C11H24N2O/c1-9(2)8-13(7-5-6-12)11(14)10(3)4/h9-10H,5-8,12H2,1-4H3. The molecule has 0 aromatic carbocycles. The van der Waals surface area contributed by atoms with Crippen LogP contribution in [0.1, 0.15) is 34.1 Å².